The second kappa shape index (κ2) is 8.31. The highest BCUT2D eigenvalue weighted by Crippen LogP contribution is 2.32. The molecule has 30 heavy (non-hydrogen) atoms. The number of hydrogen-bond acceptors (Lipinski definition) is 2. The van der Waals surface area contributed by atoms with Crippen molar-refractivity contribution in [3.05, 3.63) is 94.3 Å². The SMILES string of the molecule is Cc1ccc(OCc2ccc(C(=O)N3c4ccc(F)cc4CC[C@@H]3C)cc2)cc1C. The minimum Gasteiger partial charge on any atom is -0.489 e. The molecule has 3 aromatic rings. The normalized spacial score (nSPS) is 15.6. The third kappa shape index (κ3) is 4.09. The van der Waals surface area contributed by atoms with E-state index < -0.39 is 0 Å². The maximum atomic E-state index is 13.6. The number of fused-ring (bicyclic) bond motifs is 1. The molecule has 0 unspecified atom stereocenters. The minimum absolute atomic E-state index is 0.0586. The summed E-state index contributed by atoms with van der Waals surface area (Å²) in [6.07, 6.45) is 1.61. The van der Waals surface area contributed by atoms with Gasteiger partial charge in [-0.2, -0.15) is 0 Å². The summed E-state index contributed by atoms with van der Waals surface area (Å²) in [5.41, 5.74) is 5.75. The molecular weight excluding hydrogens is 377 g/mol. The van der Waals surface area contributed by atoms with E-state index in [-0.39, 0.29) is 17.8 Å². The molecule has 1 aliphatic rings. The van der Waals surface area contributed by atoms with Crippen molar-refractivity contribution in [1.82, 2.24) is 0 Å². The summed E-state index contributed by atoms with van der Waals surface area (Å²) in [5, 5.41) is 0. The summed E-state index contributed by atoms with van der Waals surface area (Å²) >= 11 is 0. The molecule has 0 spiro atoms. The fraction of sp³-hybridized carbons (Fsp3) is 0.269. The van der Waals surface area contributed by atoms with Gasteiger partial charge >= 0.3 is 0 Å². The Morgan fingerprint density at radius 1 is 1.03 bits per heavy atom. The number of halogens is 1. The van der Waals surface area contributed by atoms with E-state index in [2.05, 4.69) is 19.9 Å². The molecule has 0 aromatic heterocycles. The molecule has 0 saturated heterocycles. The Hall–Kier alpha value is -3.14. The summed E-state index contributed by atoms with van der Waals surface area (Å²) in [4.78, 5) is 15.0. The van der Waals surface area contributed by atoms with Crippen molar-refractivity contribution in [3.8, 4) is 5.75 Å². The maximum Gasteiger partial charge on any atom is 0.258 e. The number of nitrogens with zero attached hydrogens (tertiary/aromatic N) is 1. The average molecular weight is 403 g/mol. The Morgan fingerprint density at radius 2 is 1.80 bits per heavy atom. The van der Waals surface area contributed by atoms with Crippen LogP contribution in [0.15, 0.2) is 60.7 Å². The van der Waals surface area contributed by atoms with E-state index in [1.807, 2.05) is 43.3 Å². The Morgan fingerprint density at radius 3 is 2.53 bits per heavy atom. The molecule has 0 radical (unpaired) electrons. The number of carbonyl (C=O) groups excluding carboxylic acids is 1. The zero-order valence-corrected chi connectivity index (χ0v) is 17.6. The number of carbonyl (C=O) groups is 1. The van der Waals surface area contributed by atoms with Gasteiger partial charge < -0.3 is 9.64 Å². The van der Waals surface area contributed by atoms with Crippen LogP contribution < -0.4 is 9.64 Å². The highest BCUT2D eigenvalue weighted by Gasteiger charge is 2.29. The molecule has 0 fully saturated rings. The Balaban J connectivity index is 1.48. The molecule has 1 aliphatic heterocycles. The van der Waals surface area contributed by atoms with Crippen LogP contribution in [0.3, 0.4) is 0 Å². The number of rotatable bonds is 4. The molecule has 3 nitrogen and oxygen atoms in total. The second-order valence-corrected chi connectivity index (χ2v) is 8.07. The molecular formula is C26H26FNO2. The summed E-state index contributed by atoms with van der Waals surface area (Å²) < 4.78 is 19.5. The van der Waals surface area contributed by atoms with Gasteiger partial charge in [-0.3, -0.25) is 4.79 Å². The van der Waals surface area contributed by atoms with Crippen LogP contribution in [0.2, 0.25) is 0 Å². The van der Waals surface area contributed by atoms with Crippen LogP contribution in [0.4, 0.5) is 10.1 Å². The predicted molar refractivity (Wildman–Crippen MR) is 118 cm³/mol. The fourth-order valence-electron chi connectivity index (χ4n) is 3.88. The van der Waals surface area contributed by atoms with Crippen molar-refractivity contribution in [1.29, 1.82) is 0 Å². The molecule has 154 valence electrons. The third-order valence-electron chi connectivity index (χ3n) is 5.88. The maximum absolute atomic E-state index is 13.6. The molecule has 0 aliphatic carbocycles. The van der Waals surface area contributed by atoms with Crippen molar-refractivity contribution >= 4 is 11.6 Å². The molecule has 4 heteroatoms. The van der Waals surface area contributed by atoms with Gasteiger partial charge in [0.15, 0.2) is 0 Å². The second-order valence-electron chi connectivity index (χ2n) is 8.07. The van der Waals surface area contributed by atoms with Crippen LogP contribution in [0, 0.1) is 19.7 Å². The summed E-state index contributed by atoms with van der Waals surface area (Å²) in [6, 6.07) is 18.3. The van der Waals surface area contributed by atoms with E-state index in [0.717, 1.165) is 35.4 Å². The first-order valence-corrected chi connectivity index (χ1v) is 10.3. The van der Waals surface area contributed by atoms with Crippen LogP contribution in [-0.4, -0.2) is 11.9 Å². The van der Waals surface area contributed by atoms with Crippen molar-refractivity contribution in [3.63, 3.8) is 0 Å². The Labute approximate surface area is 177 Å². The van der Waals surface area contributed by atoms with Crippen molar-refractivity contribution < 1.29 is 13.9 Å². The quantitative estimate of drug-likeness (QED) is 0.534. The lowest BCUT2D eigenvalue weighted by atomic mass is 9.95. The standard InChI is InChI=1S/C26H26FNO2/c1-17-4-12-24(14-18(17)2)30-16-20-6-9-21(10-7-20)26(29)28-19(3)5-8-22-15-23(27)11-13-25(22)28/h4,6-7,9-15,19H,5,8,16H2,1-3H3/t19-/m0/s1. The lowest BCUT2D eigenvalue weighted by Crippen LogP contribution is -2.42. The van der Waals surface area contributed by atoms with E-state index in [9.17, 15) is 9.18 Å². The largest absolute Gasteiger partial charge is 0.489 e. The van der Waals surface area contributed by atoms with Gasteiger partial charge in [-0.05, 0) is 98.3 Å². The number of anilines is 1. The molecule has 0 bridgehead atoms. The highest BCUT2D eigenvalue weighted by molar-refractivity contribution is 6.07. The number of aryl methyl sites for hydroxylation is 3. The lowest BCUT2D eigenvalue weighted by molar-refractivity contribution is 0.0975. The van der Waals surface area contributed by atoms with E-state index in [0.29, 0.717) is 12.2 Å². The zero-order valence-electron chi connectivity index (χ0n) is 17.6. The van der Waals surface area contributed by atoms with Gasteiger partial charge in [0.05, 0.1) is 0 Å². The fourth-order valence-corrected chi connectivity index (χ4v) is 3.88. The van der Waals surface area contributed by atoms with Crippen molar-refractivity contribution in [2.75, 3.05) is 4.90 Å². The van der Waals surface area contributed by atoms with Gasteiger partial charge in [0.2, 0.25) is 0 Å². The van der Waals surface area contributed by atoms with Gasteiger partial charge in [-0.25, -0.2) is 4.39 Å². The average Bonchev–Trinajstić information content (AvgIpc) is 2.74. The lowest BCUT2D eigenvalue weighted by Gasteiger charge is -2.35. The number of amides is 1. The van der Waals surface area contributed by atoms with E-state index >= 15 is 0 Å². The van der Waals surface area contributed by atoms with E-state index in [1.165, 1.54) is 23.3 Å². The van der Waals surface area contributed by atoms with Crippen LogP contribution in [0.1, 0.15) is 46.0 Å². The first kappa shape index (κ1) is 20.1. The molecule has 0 N–H and O–H groups in total. The molecule has 1 amide bonds. The van der Waals surface area contributed by atoms with Gasteiger partial charge in [0, 0.05) is 17.3 Å². The monoisotopic (exact) mass is 403 g/mol. The Bertz CT molecular complexity index is 1070. The molecule has 1 heterocycles. The predicted octanol–water partition coefficient (Wildman–Crippen LogP) is 6.00. The first-order chi connectivity index (χ1) is 14.4. The first-order valence-electron chi connectivity index (χ1n) is 10.3. The number of hydrogen-bond donors (Lipinski definition) is 0. The molecule has 3 aromatic carbocycles. The van der Waals surface area contributed by atoms with Gasteiger partial charge in [-0.1, -0.05) is 18.2 Å². The van der Waals surface area contributed by atoms with Crippen LogP contribution in [0.5, 0.6) is 5.75 Å². The van der Waals surface area contributed by atoms with Gasteiger partial charge in [-0.15, -0.1) is 0 Å². The van der Waals surface area contributed by atoms with Crippen LogP contribution in [0.25, 0.3) is 0 Å². The van der Waals surface area contributed by atoms with Crippen molar-refractivity contribution in [2.24, 2.45) is 0 Å². The summed E-state index contributed by atoms with van der Waals surface area (Å²) in [7, 11) is 0. The Kier molecular flexibility index (Phi) is 5.58. The topological polar surface area (TPSA) is 29.5 Å². The van der Waals surface area contributed by atoms with Crippen LogP contribution >= 0.6 is 0 Å². The summed E-state index contributed by atoms with van der Waals surface area (Å²) in [6.45, 7) is 6.62. The zero-order chi connectivity index (χ0) is 21.3. The van der Waals surface area contributed by atoms with E-state index in [1.54, 1.807) is 11.0 Å². The van der Waals surface area contributed by atoms with E-state index in [4.69, 9.17) is 4.74 Å². The van der Waals surface area contributed by atoms with Gasteiger partial charge in [0.1, 0.15) is 18.2 Å². The number of ether oxygens (including phenoxy) is 1. The molecule has 4 rings (SSSR count). The van der Waals surface area contributed by atoms with Crippen LogP contribution in [-0.2, 0) is 13.0 Å². The smallest absolute Gasteiger partial charge is 0.258 e. The molecule has 0 saturated carbocycles. The molecule has 1 atom stereocenters. The highest BCUT2D eigenvalue weighted by atomic mass is 19.1. The van der Waals surface area contributed by atoms with Gasteiger partial charge in [0.25, 0.3) is 5.91 Å². The number of benzene rings is 3. The third-order valence-corrected chi connectivity index (χ3v) is 5.88. The minimum atomic E-state index is -0.260. The summed E-state index contributed by atoms with van der Waals surface area (Å²) in [5.74, 6) is 0.518. The van der Waals surface area contributed by atoms with Crippen molar-refractivity contribution in [2.45, 2.75) is 46.3 Å².